The van der Waals surface area contributed by atoms with Gasteiger partial charge in [0.2, 0.25) is 0 Å². The molecule has 120 valence electrons. The SMILES string of the molecule is C=C=C1C=CCC/C1=C/C(O)C(C)C1=C2C=CCCC2CC=C1. The molecular formula is C22H26O. The summed E-state index contributed by atoms with van der Waals surface area (Å²) in [5.41, 5.74) is 7.92. The minimum atomic E-state index is -0.471. The van der Waals surface area contributed by atoms with Crippen molar-refractivity contribution in [2.24, 2.45) is 11.8 Å². The third kappa shape index (κ3) is 3.42. The van der Waals surface area contributed by atoms with Crippen molar-refractivity contribution in [3.63, 3.8) is 0 Å². The fraction of sp³-hybridized carbons (Fsp3) is 0.409. The van der Waals surface area contributed by atoms with Gasteiger partial charge in [-0.1, -0.05) is 56.0 Å². The van der Waals surface area contributed by atoms with Crippen molar-refractivity contribution in [3.05, 3.63) is 77.1 Å². The van der Waals surface area contributed by atoms with Gasteiger partial charge in [0.15, 0.2) is 0 Å². The van der Waals surface area contributed by atoms with Crippen LogP contribution in [-0.4, -0.2) is 11.2 Å². The van der Waals surface area contributed by atoms with Crippen molar-refractivity contribution >= 4 is 0 Å². The van der Waals surface area contributed by atoms with Crippen LogP contribution < -0.4 is 0 Å². The average molecular weight is 306 g/mol. The van der Waals surface area contributed by atoms with Gasteiger partial charge in [0.1, 0.15) is 0 Å². The van der Waals surface area contributed by atoms with Crippen molar-refractivity contribution in [2.45, 2.75) is 45.1 Å². The smallest absolute Gasteiger partial charge is 0.0792 e. The molecule has 0 radical (unpaired) electrons. The van der Waals surface area contributed by atoms with Crippen molar-refractivity contribution in [2.75, 3.05) is 0 Å². The molecule has 1 nitrogen and oxygen atoms in total. The van der Waals surface area contributed by atoms with Crippen LogP contribution in [0.25, 0.3) is 0 Å². The lowest BCUT2D eigenvalue weighted by Crippen LogP contribution is -2.22. The molecule has 1 N–H and O–H groups in total. The Kier molecular flexibility index (Phi) is 5.00. The Bertz CT molecular complexity index is 662. The molecule has 1 heteroatoms. The first-order valence-corrected chi connectivity index (χ1v) is 8.73. The maximum atomic E-state index is 10.8. The molecule has 3 atom stereocenters. The highest BCUT2D eigenvalue weighted by Crippen LogP contribution is 2.37. The van der Waals surface area contributed by atoms with E-state index >= 15 is 0 Å². The van der Waals surface area contributed by atoms with Gasteiger partial charge in [-0.2, -0.15) is 0 Å². The summed E-state index contributed by atoms with van der Waals surface area (Å²) in [5, 5.41) is 10.8. The van der Waals surface area contributed by atoms with Crippen LogP contribution in [0.3, 0.4) is 0 Å². The molecule has 0 aromatic heterocycles. The molecular weight excluding hydrogens is 280 g/mol. The lowest BCUT2D eigenvalue weighted by Gasteiger charge is -2.30. The first-order valence-electron chi connectivity index (χ1n) is 8.73. The van der Waals surface area contributed by atoms with E-state index in [2.05, 4.69) is 55.7 Å². The largest absolute Gasteiger partial charge is 0.388 e. The van der Waals surface area contributed by atoms with Crippen LogP contribution >= 0.6 is 0 Å². The lowest BCUT2D eigenvalue weighted by molar-refractivity contribution is 0.179. The minimum absolute atomic E-state index is 0.108. The second-order valence-electron chi connectivity index (χ2n) is 6.73. The van der Waals surface area contributed by atoms with Crippen LogP contribution in [0.15, 0.2) is 77.1 Å². The van der Waals surface area contributed by atoms with Crippen molar-refractivity contribution < 1.29 is 5.11 Å². The van der Waals surface area contributed by atoms with Crippen LogP contribution in [0.1, 0.15) is 39.0 Å². The number of hydrogen-bond acceptors (Lipinski definition) is 1. The zero-order valence-corrected chi connectivity index (χ0v) is 14.0. The van der Waals surface area contributed by atoms with Gasteiger partial charge < -0.3 is 5.11 Å². The van der Waals surface area contributed by atoms with Gasteiger partial charge in [-0.15, -0.1) is 5.73 Å². The minimum Gasteiger partial charge on any atom is -0.388 e. The second kappa shape index (κ2) is 7.17. The molecule has 0 aliphatic heterocycles. The molecule has 3 aliphatic rings. The van der Waals surface area contributed by atoms with Gasteiger partial charge in [0.25, 0.3) is 0 Å². The molecule has 0 bridgehead atoms. The third-order valence-corrected chi connectivity index (χ3v) is 5.25. The summed E-state index contributed by atoms with van der Waals surface area (Å²) in [6.45, 7) is 5.90. The highest BCUT2D eigenvalue weighted by atomic mass is 16.3. The molecule has 0 spiro atoms. The fourth-order valence-electron chi connectivity index (χ4n) is 3.81. The predicted molar refractivity (Wildman–Crippen MR) is 96.9 cm³/mol. The zero-order valence-electron chi connectivity index (χ0n) is 14.0. The van der Waals surface area contributed by atoms with Crippen LogP contribution in [0, 0.1) is 11.8 Å². The van der Waals surface area contributed by atoms with E-state index in [1.54, 1.807) is 0 Å². The Balaban J connectivity index is 1.86. The summed E-state index contributed by atoms with van der Waals surface area (Å²) in [7, 11) is 0. The number of aliphatic hydroxyl groups excluding tert-OH is 1. The lowest BCUT2D eigenvalue weighted by atomic mass is 9.76. The van der Waals surface area contributed by atoms with Gasteiger partial charge >= 0.3 is 0 Å². The van der Waals surface area contributed by atoms with Crippen molar-refractivity contribution in [3.8, 4) is 0 Å². The van der Waals surface area contributed by atoms with Gasteiger partial charge in [0, 0.05) is 11.5 Å². The molecule has 0 saturated carbocycles. The van der Waals surface area contributed by atoms with E-state index in [0.29, 0.717) is 5.92 Å². The number of allylic oxidation sites excluding steroid dienone is 9. The topological polar surface area (TPSA) is 20.2 Å². The number of aliphatic hydroxyl groups is 1. The monoisotopic (exact) mass is 306 g/mol. The van der Waals surface area contributed by atoms with Crippen LogP contribution in [0.2, 0.25) is 0 Å². The fourth-order valence-corrected chi connectivity index (χ4v) is 3.81. The summed E-state index contributed by atoms with van der Waals surface area (Å²) in [5.74, 6) is 0.750. The molecule has 0 fully saturated rings. The molecule has 0 aromatic rings. The summed E-state index contributed by atoms with van der Waals surface area (Å²) in [6.07, 6.45) is 20.3. The molecule has 0 heterocycles. The number of fused-ring (bicyclic) bond motifs is 1. The van der Waals surface area contributed by atoms with E-state index in [4.69, 9.17) is 0 Å². The summed E-state index contributed by atoms with van der Waals surface area (Å²) in [4.78, 5) is 0. The van der Waals surface area contributed by atoms with Crippen molar-refractivity contribution in [1.29, 1.82) is 0 Å². The highest BCUT2D eigenvalue weighted by Gasteiger charge is 2.25. The Labute approximate surface area is 139 Å². The number of hydrogen-bond donors (Lipinski definition) is 1. The summed E-state index contributed by atoms with van der Waals surface area (Å²) < 4.78 is 0. The molecule has 0 amide bonds. The standard InChI is InChI=1S/C22H26O/c1-3-17-9-4-5-11-19(17)15-22(23)16(2)20-14-8-12-18-10-6-7-13-21(18)20/h4,7-9,13-16,18,22-23H,1,5-6,10-12H2,2H3/b19-15-. The zero-order chi connectivity index (χ0) is 16.2. The molecule has 3 aliphatic carbocycles. The maximum absolute atomic E-state index is 10.8. The Hall–Kier alpha value is -1.82. The Morgan fingerprint density at radius 2 is 2.04 bits per heavy atom. The van der Waals surface area contributed by atoms with Gasteiger partial charge in [0.05, 0.1) is 6.10 Å². The molecule has 0 saturated heterocycles. The third-order valence-electron chi connectivity index (χ3n) is 5.25. The summed E-state index contributed by atoms with van der Waals surface area (Å²) >= 11 is 0. The van der Waals surface area contributed by atoms with E-state index in [1.807, 2.05) is 6.08 Å². The van der Waals surface area contributed by atoms with Gasteiger partial charge in [-0.25, -0.2) is 0 Å². The highest BCUT2D eigenvalue weighted by molar-refractivity contribution is 5.44. The first-order chi connectivity index (χ1) is 11.2. The molecule has 23 heavy (non-hydrogen) atoms. The van der Waals surface area contributed by atoms with E-state index < -0.39 is 6.10 Å². The predicted octanol–water partition coefficient (Wildman–Crippen LogP) is 5.19. The van der Waals surface area contributed by atoms with Crippen LogP contribution in [-0.2, 0) is 0 Å². The van der Waals surface area contributed by atoms with E-state index in [-0.39, 0.29) is 5.92 Å². The van der Waals surface area contributed by atoms with E-state index in [9.17, 15) is 5.11 Å². The van der Waals surface area contributed by atoms with Gasteiger partial charge in [-0.05, 0) is 54.7 Å². The maximum Gasteiger partial charge on any atom is 0.0792 e. The van der Waals surface area contributed by atoms with Crippen molar-refractivity contribution in [1.82, 2.24) is 0 Å². The van der Waals surface area contributed by atoms with Gasteiger partial charge in [-0.3, -0.25) is 0 Å². The van der Waals surface area contributed by atoms with E-state index in [0.717, 1.165) is 24.8 Å². The normalized spacial score (nSPS) is 27.8. The quantitative estimate of drug-likeness (QED) is 0.711. The molecule has 3 unspecified atom stereocenters. The van der Waals surface area contributed by atoms with E-state index in [1.165, 1.54) is 29.6 Å². The Morgan fingerprint density at radius 3 is 2.87 bits per heavy atom. The molecule has 3 rings (SSSR count). The Morgan fingerprint density at radius 1 is 1.22 bits per heavy atom. The summed E-state index contributed by atoms with van der Waals surface area (Å²) in [6, 6.07) is 0. The van der Waals surface area contributed by atoms with Crippen LogP contribution in [0.4, 0.5) is 0 Å². The van der Waals surface area contributed by atoms with Crippen LogP contribution in [0.5, 0.6) is 0 Å². The first kappa shape index (κ1) is 16.1. The molecule has 0 aromatic carbocycles. The average Bonchev–Trinajstić information content (AvgIpc) is 2.61. The number of rotatable bonds is 3. The second-order valence-corrected chi connectivity index (χ2v) is 6.73.